The molecule has 0 bridgehead atoms. The molecule has 0 aliphatic carbocycles. The second-order valence-electron chi connectivity index (χ2n) is 4.26. The van der Waals surface area contributed by atoms with E-state index >= 15 is 0 Å². The lowest BCUT2D eigenvalue weighted by Gasteiger charge is -2.13. The van der Waals surface area contributed by atoms with Crippen molar-refractivity contribution in [3.05, 3.63) is 53.3 Å². The number of hydrogen-bond acceptors (Lipinski definition) is 3. The molecule has 3 nitrogen and oxygen atoms in total. The van der Waals surface area contributed by atoms with Gasteiger partial charge in [0.05, 0.1) is 5.69 Å². The van der Waals surface area contributed by atoms with E-state index in [1.807, 2.05) is 26.2 Å². The summed E-state index contributed by atoms with van der Waals surface area (Å²) in [6.07, 6.45) is 1.68. The van der Waals surface area contributed by atoms with E-state index in [1.165, 1.54) is 11.3 Å². The Morgan fingerprint density at radius 1 is 1.17 bits per heavy atom. The summed E-state index contributed by atoms with van der Waals surface area (Å²) in [6.45, 7) is 0.735. The van der Waals surface area contributed by atoms with Crippen LogP contribution < -0.4 is 10.2 Å². The molecule has 1 heterocycles. The van der Waals surface area contributed by atoms with Crippen molar-refractivity contribution in [2.24, 2.45) is 0 Å². The first-order chi connectivity index (χ1) is 8.66. The van der Waals surface area contributed by atoms with E-state index in [1.54, 1.807) is 6.20 Å². The summed E-state index contributed by atoms with van der Waals surface area (Å²) >= 11 is 5.98. The van der Waals surface area contributed by atoms with Gasteiger partial charge in [-0.15, -0.1) is 0 Å². The van der Waals surface area contributed by atoms with Crippen molar-refractivity contribution in [3.8, 4) is 0 Å². The van der Waals surface area contributed by atoms with E-state index in [-0.39, 0.29) is 0 Å². The average Bonchev–Trinajstić information content (AvgIpc) is 2.38. The minimum Gasteiger partial charge on any atom is -0.378 e. The Kier molecular flexibility index (Phi) is 4.05. The molecule has 2 rings (SSSR count). The molecule has 0 saturated heterocycles. The number of halogens is 1. The van der Waals surface area contributed by atoms with Crippen molar-refractivity contribution in [2.45, 2.75) is 6.54 Å². The summed E-state index contributed by atoms with van der Waals surface area (Å²) in [5.41, 5.74) is 3.26. The van der Waals surface area contributed by atoms with Gasteiger partial charge >= 0.3 is 0 Å². The van der Waals surface area contributed by atoms with Crippen LogP contribution in [-0.4, -0.2) is 19.1 Å². The molecule has 0 amide bonds. The maximum Gasteiger partial charge on any atom is 0.152 e. The molecule has 0 unspecified atom stereocenters. The van der Waals surface area contributed by atoms with Crippen LogP contribution >= 0.6 is 11.6 Å². The van der Waals surface area contributed by atoms with Gasteiger partial charge in [0.15, 0.2) is 5.15 Å². The van der Waals surface area contributed by atoms with Crippen molar-refractivity contribution in [1.29, 1.82) is 0 Å². The fourth-order valence-electron chi connectivity index (χ4n) is 1.63. The van der Waals surface area contributed by atoms with Gasteiger partial charge in [0.2, 0.25) is 0 Å². The zero-order chi connectivity index (χ0) is 13.0. The predicted octanol–water partition coefficient (Wildman–Crippen LogP) is 3.41. The number of anilines is 2. The van der Waals surface area contributed by atoms with Gasteiger partial charge in [-0.1, -0.05) is 23.7 Å². The summed E-state index contributed by atoms with van der Waals surface area (Å²) in [5.74, 6) is 0. The minimum atomic E-state index is 0.502. The van der Waals surface area contributed by atoms with Crippen molar-refractivity contribution in [3.63, 3.8) is 0 Å². The van der Waals surface area contributed by atoms with Crippen LogP contribution in [0.15, 0.2) is 42.6 Å². The molecule has 0 spiro atoms. The van der Waals surface area contributed by atoms with Crippen LogP contribution in [0.25, 0.3) is 0 Å². The van der Waals surface area contributed by atoms with Gasteiger partial charge in [0.1, 0.15) is 0 Å². The number of hydrogen-bond donors (Lipinski definition) is 1. The quantitative estimate of drug-likeness (QED) is 0.855. The standard InChI is InChI=1S/C14H16ClN3/c1-18(2)12-7-5-11(6-8-12)10-17-13-4-3-9-16-14(13)15/h3-9,17H,10H2,1-2H3. The van der Waals surface area contributed by atoms with Gasteiger partial charge in [-0.2, -0.15) is 0 Å². The number of benzene rings is 1. The molecule has 0 atom stereocenters. The highest BCUT2D eigenvalue weighted by atomic mass is 35.5. The molecule has 1 N–H and O–H groups in total. The van der Waals surface area contributed by atoms with Crippen LogP contribution in [0.5, 0.6) is 0 Å². The first-order valence-electron chi connectivity index (χ1n) is 5.77. The lowest BCUT2D eigenvalue weighted by molar-refractivity contribution is 1.11. The summed E-state index contributed by atoms with van der Waals surface area (Å²) in [5, 5.41) is 3.77. The fraction of sp³-hybridized carbons (Fsp3) is 0.214. The Hall–Kier alpha value is -1.74. The zero-order valence-corrected chi connectivity index (χ0v) is 11.3. The molecule has 94 valence electrons. The van der Waals surface area contributed by atoms with E-state index in [0.717, 1.165) is 12.2 Å². The first kappa shape index (κ1) is 12.7. The highest BCUT2D eigenvalue weighted by Gasteiger charge is 2.00. The number of pyridine rings is 1. The number of nitrogens with one attached hydrogen (secondary N) is 1. The highest BCUT2D eigenvalue weighted by Crippen LogP contribution is 2.19. The molecule has 1 aromatic carbocycles. The third-order valence-electron chi connectivity index (χ3n) is 2.69. The molecule has 18 heavy (non-hydrogen) atoms. The van der Waals surface area contributed by atoms with Gasteiger partial charge < -0.3 is 10.2 Å². The monoisotopic (exact) mass is 261 g/mol. The molecule has 0 aliphatic heterocycles. The van der Waals surface area contributed by atoms with E-state index in [4.69, 9.17) is 11.6 Å². The fourth-order valence-corrected chi connectivity index (χ4v) is 1.81. The van der Waals surface area contributed by atoms with Crippen molar-refractivity contribution in [1.82, 2.24) is 4.98 Å². The van der Waals surface area contributed by atoms with Gasteiger partial charge in [-0.25, -0.2) is 4.98 Å². The Bertz CT molecular complexity index is 509. The molecule has 2 aromatic rings. The van der Waals surface area contributed by atoms with E-state index in [2.05, 4.69) is 39.5 Å². The van der Waals surface area contributed by atoms with Gasteiger partial charge in [-0.3, -0.25) is 0 Å². The highest BCUT2D eigenvalue weighted by molar-refractivity contribution is 6.31. The number of rotatable bonds is 4. The van der Waals surface area contributed by atoms with Crippen LogP contribution in [0, 0.1) is 0 Å². The Morgan fingerprint density at radius 3 is 2.50 bits per heavy atom. The molecular weight excluding hydrogens is 246 g/mol. The summed E-state index contributed by atoms with van der Waals surface area (Å²) < 4.78 is 0. The SMILES string of the molecule is CN(C)c1ccc(CNc2cccnc2Cl)cc1. The van der Waals surface area contributed by atoms with Crippen molar-refractivity contribution < 1.29 is 0 Å². The van der Waals surface area contributed by atoms with Gasteiger partial charge in [0.25, 0.3) is 0 Å². The molecule has 0 saturated carbocycles. The maximum absolute atomic E-state index is 5.98. The topological polar surface area (TPSA) is 28.2 Å². The van der Waals surface area contributed by atoms with Gasteiger partial charge in [-0.05, 0) is 29.8 Å². The summed E-state index contributed by atoms with van der Waals surface area (Å²) in [7, 11) is 4.06. The maximum atomic E-state index is 5.98. The van der Waals surface area contributed by atoms with Gasteiger partial charge in [0, 0.05) is 32.5 Å². The Labute approximate surface area is 112 Å². The van der Waals surface area contributed by atoms with Crippen LogP contribution in [0.4, 0.5) is 11.4 Å². The third kappa shape index (κ3) is 3.14. The first-order valence-corrected chi connectivity index (χ1v) is 6.15. The second-order valence-corrected chi connectivity index (χ2v) is 4.61. The summed E-state index contributed by atoms with van der Waals surface area (Å²) in [4.78, 5) is 6.10. The molecule has 4 heteroatoms. The molecule has 0 radical (unpaired) electrons. The van der Waals surface area contributed by atoms with E-state index in [9.17, 15) is 0 Å². The summed E-state index contributed by atoms with van der Waals surface area (Å²) in [6, 6.07) is 12.2. The lowest BCUT2D eigenvalue weighted by Crippen LogP contribution is -2.08. The predicted molar refractivity (Wildman–Crippen MR) is 77.3 cm³/mol. The Morgan fingerprint density at radius 2 is 1.89 bits per heavy atom. The average molecular weight is 262 g/mol. The molecular formula is C14H16ClN3. The normalized spacial score (nSPS) is 10.2. The third-order valence-corrected chi connectivity index (χ3v) is 3.00. The lowest BCUT2D eigenvalue weighted by atomic mass is 10.2. The second kappa shape index (κ2) is 5.74. The van der Waals surface area contributed by atoms with Crippen LogP contribution in [0.2, 0.25) is 5.15 Å². The molecule has 0 fully saturated rings. The van der Waals surface area contributed by atoms with Crippen LogP contribution in [0.1, 0.15) is 5.56 Å². The van der Waals surface area contributed by atoms with Crippen LogP contribution in [-0.2, 0) is 6.54 Å². The largest absolute Gasteiger partial charge is 0.378 e. The number of aromatic nitrogens is 1. The van der Waals surface area contributed by atoms with E-state index < -0.39 is 0 Å². The molecule has 0 aliphatic rings. The van der Waals surface area contributed by atoms with Crippen molar-refractivity contribution >= 4 is 23.0 Å². The van der Waals surface area contributed by atoms with Crippen molar-refractivity contribution in [2.75, 3.05) is 24.3 Å². The van der Waals surface area contributed by atoms with E-state index in [0.29, 0.717) is 5.15 Å². The smallest absolute Gasteiger partial charge is 0.152 e. The minimum absolute atomic E-state index is 0.502. The Balaban J connectivity index is 2.00. The van der Waals surface area contributed by atoms with Crippen LogP contribution in [0.3, 0.4) is 0 Å². The molecule has 1 aromatic heterocycles. The zero-order valence-electron chi connectivity index (χ0n) is 10.5. The number of nitrogens with zero attached hydrogens (tertiary/aromatic N) is 2.